The van der Waals surface area contributed by atoms with E-state index in [1.165, 1.54) is 6.92 Å². The average molecular weight is 273 g/mol. The van der Waals surface area contributed by atoms with Gasteiger partial charge >= 0.3 is 0 Å². The van der Waals surface area contributed by atoms with Crippen LogP contribution >= 0.6 is 12.2 Å². The van der Waals surface area contributed by atoms with Gasteiger partial charge in [0.2, 0.25) is 0 Å². The molecular weight excluding hydrogens is 269 g/mol. The third-order valence-corrected chi connectivity index (χ3v) is 0. The maximum absolute atomic E-state index is 7.79. The minimum atomic E-state index is 0. The Morgan fingerprint density at radius 2 is 1.80 bits per heavy atom. The molecule has 0 spiro atoms. The van der Waals surface area contributed by atoms with Gasteiger partial charge in [-0.15, -0.1) is 0 Å². The molecule has 5 heavy (non-hydrogen) atoms. The molecule has 0 aromatic rings. The van der Waals surface area contributed by atoms with Crippen LogP contribution in [-0.2, 0) is 22.4 Å². The smallest absolute Gasteiger partial charge is 0.153 e. The van der Waals surface area contributed by atoms with Gasteiger partial charge in [0.1, 0.15) is 0 Å². The van der Waals surface area contributed by atoms with Crippen molar-refractivity contribution in [2.45, 2.75) is 6.92 Å². The minimum Gasteiger partial charge on any atom is -0.502 e. The van der Waals surface area contributed by atoms with Crippen molar-refractivity contribution < 1.29 is 27.5 Å². The van der Waals surface area contributed by atoms with Crippen molar-refractivity contribution in [3.8, 4) is 0 Å². The van der Waals surface area contributed by atoms with Gasteiger partial charge in [-0.1, -0.05) is 0 Å². The van der Waals surface area contributed by atoms with Gasteiger partial charge in [-0.3, -0.25) is 0 Å². The Labute approximate surface area is 51.9 Å². The van der Waals surface area contributed by atoms with E-state index in [4.69, 9.17) is 5.11 Å². The Bertz CT molecular complexity index is 32.6. The maximum atomic E-state index is 7.79. The van der Waals surface area contributed by atoms with Crippen molar-refractivity contribution in [3.05, 3.63) is 0 Å². The molecule has 0 fully saturated rings. The standard InChI is InChI=1S/C2H4OS.Au/c1-2(3)4;/h1H3,(H,3,4);. The van der Waals surface area contributed by atoms with E-state index in [-0.39, 0.29) is 27.4 Å². The van der Waals surface area contributed by atoms with Crippen LogP contribution in [-0.4, -0.2) is 10.2 Å². The summed E-state index contributed by atoms with van der Waals surface area (Å²) in [4.78, 5) is 0. The summed E-state index contributed by atoms with van der Waals surface area (Å²) < 4.78 is 0. The van der Waals surface area contributed by atoms with Crippen molar-refractivity contribution in [2.75, 3.05) is 0 Å². The summed E-state index contributed by atoms with van der Waals surface area (Å²) >= 11 is 4.09. The zero-order chi connectivity index (χ0) is 3.58. The zero-order valence-corrected chi connectivity index (χ0v) is 5.64. The quantitative estimate of drug-likeness (QED) is 0.522. The predicted octanol–water partition coefficient (Wildman–Crippen LogP) is 0.889. The minimum absolute atomic E-state index is 0. The van der Waals surface area contributed by atoms with Crippen LogP contribution in [0.1, 0.15) is 6.92 Å². The number of aliphatic hydroxyl groups is 1. The molecule has 0 saturated heterocycles. The SMILES string of the molecule is CC(O)=S.[Au]. The van der Waals surface area contributed by atoms with Gasteiger partial charge in [0, 0.05) is 29.3 Å². The number of rotatable bonds is 0. The summed E-state index contributed by atoms with van der Waals surface area (Å²) in [5, 5.41) is 7.79. The van der Waals surface area contributed by atoms with Crippen molar-refractivity contribution in [1.29, 1.82) is 0 Å². The van der Waals surface area contributed by atoms with E-state index in [1.54, 1.807) is 0 Å². The molecule has 0 bridgehead atoms. The van der Waals surface area contributed by atoms with Crippen LogP contribution in [0.2, 0.25) is 0 Å². The molecule has 0 aromatic carbocycles. The van der Waals surface area contributed by atoms with Crippen LogP contribution in [0.15, 0.2) is 0 Å². The number of hydrogen-bond acceptors (Lipinski definition) is 1. The second-order valence-electron chi connectivity index (χ2n) is 0.519. The molecule has 0 aliphatic carbocycles. The fraction of sp³-hybridized carbons (Fsp3) is 0.500. The second-order valence-corrected chi connectivity index (χ2v) is 1.11. The van der Waals surface area contributed by atoms with Crippen LogP contribution in [0, 0.1) is 0 Å². The fourth-order valence-electron chi connectivity index (χ4n) is 0. The number of aliphatic hydroxyl groups excluding tert-OH is 1. The predicted molar refractivity (Wildman–Crippen MR) is 20.9 cm³/mol. The van der Waals surface area contributed by atoms with Gasteiger partial charge in [0.15, 0.2) is 5.05 Å². The second kappa shape index (κ2) is 4.63. The summed E-state index contributed by atoms with van der Waals surface area (Å²) in [6.45, 7) is 1.45. The Balaban J connectivity index is 0. The normalized spacial score (nSPS) is 5.00. The van der Waals surface area contributed by atoms with E-state index in [9.17, 15) is 0 Å². The van der Waals surface area contributed by atoms with Crippen molar-refractivity contribution in [3.63, 3.8) is 0 Å². The van der Waals surface area contributed by atoms with Gasteiger partial charge in [-0.2, -0.15) is 0 Å². The van der Waals surface area contributed by atoms with Gasteiger partial charge in [0.25, 0.3) is 0 Å². The number of hydrogen-bond donors (Lipinski definition) is 1. The molecular formula is C2H4AuOS. The molecule has 35 valence electrons. The summed E-state index contributed by atoms with van der Waals surface area (Å²) in [6, 6.07) is 0. The van der Waals surface area contributed by atoms with Gasteiger partial charge < -0.3 is 5.11 Å². The van der Waals surface area contributed by atoms with Crippen LogP contribution in [0.5, 0.6) is 0 Å². The largest absolute Gasteiger partial charge is 0.502 e. The zero-order valence-electron chi connectivity index (χ0n) is 2.66. The van der Waals surface area contributed by atoms with Gasteiger partial charge in [0.05, 0.1) is 0 Å². The van der Waals surface area contributed by atoms with Gasteiger partial charge in [-0.25, -0.2) is 0 Å². The molecule has 0 aliphatic heterocycles. The van der Waals surface area contributed by atoms with Crippen LogP contribution in [0.4, 0.5) is 0 Å². The Morgan fingerprint density at radius 3 is 1.80 bits per heavy atom. The van der Waals surface area contributed by atoms with Crippen LogP contribution in [0.3, 0.4) is 0 Å². The molecule has 0 aliphatic rings. The van der Waals surface area contributed by atoms with Crippen molar-refractivity contribution >= 4 is 17.3 Å². The molecule has 3 heteroatoms. The fourth-order valence-corrected chi connectivity index (χ4v) is 0. The summed E-state index contributed by atoms with van der Waals surface area (Å²) in [6.07, 6.45) is 0. The molecule has 0 rings (SSSR count). The van der Waals surface area contributed by atoms with E-state index in [2.05, 4.69) is 12.2 Å². The topological polar surface area (TPSA) is 20.2 Å². The first kappa shape index (κ1) is 9.16. The first-order valence-corrected chi connectivity index (χ1v) is 1.34. The molecule has 0 heterocycles. The van der Waals surface area contributed by atoms with Crippen molar-refractivity contribution in [1.82, 2.24) is 0 Å². The summed E-state index contributed by atoms with van der Waals surface area (Å²) in [5.74, 6) is 0. The Morgan fingerprint density at radius 1 is 1.80 bits per heavy atom. The monoisotopic (exact) mass is 273 g/mol. The molecule has 1 nitrogen and oxygen atoms in total. The van der Waals surface area contributed by atoms with Gasteiger partial charge in [-0.05, 0) is 12.2 Å². The third-order valence-electron chi connectivity index (χ3n) is 0. The molecule has 0 unspecified atom stereocenters. The molecule has 0 atom stereocenters. The number of thiocarbonyl (C=S) groups is 1. The average Bonchev–Trinajstić information content (AvgIpc) is 0.811. The summed E-state index contributed by atoms with van der Waals surface area (Å²) in [7, 11) is 0. The molecule has 0 amide bonds. The maximum Gasteiger partial charge on any atom is 0.153 e. The molecule has 0 saturated carbocycles. The Kier molecular flexibility index (Phi) is 8.48. The van der Waals surface area contributed by atoms with E-state index in [1.807, 2.05) is 0 Å². The molecule has 1 radical (unpaired) electrons. The summed E-state index contributed by atoms with van der Waals surface area (Å²) in [5.41, 5.74) is 0. The van der Waals surface area contributed by atoms with E-state index in [0.29, 0.717) is 0 Å². The third kappa shape index (κ3) is 80.6. The first-order chi connectivity index (χ1) is 1.73. The van der Waals surface area contributed by atoms with E-state index >= 15 is 0 Å². The van der Waals surface area contributed by atoms with Crippen LogP contribution < -0.4 is 0 Å². The van der Waals surface area contributed by atoms with E-state index < -0.39 is 0 Å². The van der Waals surface area contributed by atoms with Crippen LogP contribution in [0.25, 0.3) is 0 Å². The Hall–Kier alpha value is 0.630. The molecule has 1 N–H and O–H groups in total. The first-order valence-electron chi connectivity index (χ1n) is 0.928. The van der Waals surface area contributed by atoms with E-state index in [0.717, 1.165) is 0 Å². The molecule has 0 aromatic heterocycles. The van der Waals surface area contributed by atoms with Crippen molar-refractivity contribution in [2.24, 2.45) is 0 Å².